The van der Waals surface area contributed by atoms with Crippen LogP contribution in [-0.4, -0.2) is 47.2 Å². The highest BCUT2D eigenvalue weighted by Crippen LogP contribution is 2.33. The molecule has 2 heterocycles. The molecule has 6 nitrogen and oxygen atoms in total. The number of sulfone groups is 1. The third kappa shape index (κ3) is 4.48. The lowest BCUT2D eigenvalue weighted by Crippen LogP contribution is -2.28. The van der Waals surface area contributed by atoms with Crippen LogP contribution in [0.15, 0.2) is 53.4 Å². The molecule has 0 bridgehead atoms. The summed E-state index contributed by atoms with van der Waals surface area (Å²) in [7, 11) is -2.94. The number of thioether (sulfide) groups is 1. The monoisotopic (exact) mass is 429 g/mol. The van der Waals surface area contributed by atoms with Crippen LogP contribution in [0.4, 0.5) is 0 Å². The van der Waals surface area contributed by atoms with Gasteiger partial charge in [-0.1, -0.05) is 24.3 Å². The molecule has 0 radical (unpaired) electrons. The number of hydrogen-bond acceptors (Lipinski definition) is 5. The molecule has 29 heavy (non-hydrogen) atoms. The number of para-hydroxylation sites is 2. The Morgan fingerprint density at radius 2 is 1.97 bits per heavy atom. The lowest BCUT2D eigenvalue weighted by molar-refractivity contribution is 0.0949. The van der Waals surface area contributed by atoms with Gasteiger partial charge < -0.3 is 9.88 Å². The summed E-state index contributed by atoms with van der Waals surface area (Å²) in [5.41, 5.74) is 2.59. The highest BCUT2D eigenvalue weighted by atomic mass is 32.2. The molecule has 1 aliphatic rings. The van der Waals surface area contributed by atoms with E-state index in [9.17, 15) is 13.2 Å². The largest absolute Gasteiger partial charge is 0.350 e. The molecule has 3 aromatic rings. The smallest absolute Gasteiger partial charge is 0.252 e. The van der Waals surface area contributed by atoms with Crippen molar-refractivity contribution in [3.8, 4) is 0 Å². The zero-order valence-corrected chi connectivity index (χ0v) is 17.8. The number of nitrogens with one attached hydrogen (secondary N) is 1. The fourth-order valence-electron chi connectivity index (χ4n) is 3.65. The number of carbonyl (C=O) groups excluding carboxylic acids is 1. The Balaban J connectivity index is 1.42. The van der Waals surface area contributed by atoms with Crippen LogP contribution >= 0.6 is 11.8 Å². The van der Waals surface area contributed by atoms with E-state index in [1.165, 1.54) is 11.8 Å². The summed E-state index contributed by atoms with van der Waals surface area (Å²) < 4.78 is 25.5. The molecule has 2 aromatic carbocycles. The standard InChI is InChI=1S/C21H23N3O3S2/c1-15-23-18-7-3-4-8-19(18)24(15)12-11-22-21(25)17-6-2-5-9-20(17)28-16-10-13-29(26,27)14-16/h2-9,16H,10-14H2,1H3,(H,22,25)/t16-/m1/s1. The Bertz CT molecular complexity index is 1150. The van der Waals surface area contributed by atoms with Crippen molar-refractivity contribution >= 4 is 38.5 Å². The highest BCUT2D eigenvalue weighted by Gasteiger charge is 2.29. The first-order valence-corrected chi connectivity index (χ1v) is 12.3. The molecule has 0 unspecified atom stereocenters. The Labute approximate surface area is 174 Å². The zero-order valence-electron chi connectivity index (χ0n) is 16.2. The van der Waals surface area contributed by atoms with Gasteiger partial charge in [0, 0.05) is 23.2 Å². The number of aryl methyl sites for hydroxylation is 1. The molecule has 1 fully saturated rings. The van der Waals surface area contributed by atoms with Crippen molar-refractivity contribution in [1.82, 2.24) is 14.9 Å². The topological polar surface area (TPSA) is 81.1 Å². The van der Waals surface area contributed by atoms with E-state index >= 15 is 0 Å². The van der Waals surface area contributed by atoms with Crippen LogP contribution in [0.1, 0.15) is 22.6 Å². The number of imidazole rings is 1. The summed E-state index contributed by atoms with van der Waals surface area (Å²) in [6, 6.07) is 15.3. The van der Waals surface area contributed by atoms with Crippen molar-refractivity contribution in [2.75, 3.05) is 18.1 Å². The molecule has 0 aliphatic carbocycles. The molecular formula is C21H23N3O3S2. The molecular weight excluding hydrogens is 406 g/mol. The van der Waals surface area contributed by atoms with Crippen molar-refractivity contribution < 1.29 is 13.2 Å². The van der Waals surface area contributed by atoms with E-state index in [2.05, 4.69) is 14.9 Å². The minimum Gasteiger partial charge on any atom is -0.350 e. The van der Waals surface area contributed by atoms with Gasteiger partial charge in [-0.25, -0.2) is 13.4 Å². The second-order valence-corrected chi connectivity index (χ2v) is 10.8. The number of rotatable bonds is 6. The number of benzene rings is 2. The number of hydrogen-bond donors (Lipinski definition) is 1. The van der Waals surface area contributed by atoms with E-state index in [0.29, 0.717) is 25.1 Å². The van der Waals surface area contributed by atoms with Crippen LogP contribution in [0.2, 0.25) is 0 Å². The molecule has 0 spiro atoms. The number of carbonyl (C=O) groups is 1. The van der Waals surface area contributed by atoms with Crippen molar-refractivity contribution in [2.24, 2.45) is 0 Å². The summed E-state index contributed by atoms with van der Waals surface area (Å²) in [4.78, 5) is 18.2. The quantitative estimate of drug-likeness (QED) is 0.651. The Morgan fingerprint density at radius 1 is 1.21 bits per heavy atom. The van der Waals surface area contributed by atoms with Gasteiger partial charge in [-0.05, 0) is 37.6 Å². The van der Waals surface area contributed by atoms with Crippen LogP contribution in [-0.2, 0) is 16.4 Å². The molecule has 0 saturated carbocycles. The summed E-state index contributed by atoms with van der Waals surface area (Å²) >= 11 is 1.49. The summed E-state index contributed by atoms with van der Waals surface area (Å²) in [6.07, 6.45) is 0.635. The number of nitrogens with zero attached hydrogens (tertiary/aromatic N) is 2. The zero-order chi connectivity index (χ0) is 20.4. The lowest BCUT2D eigenvalue weighted by Gasteiger charge is -2.13. The second-order valence-electron chi connectivity index (χ2n) is 7.19. The average molecular weight is 430 g/mol. The highest BCUT2D eigenvalue weighted by molar-refractivity contribution is 8.02. The number of amides is 1. The summed E-state index contributed by atoms with van der Waals surface area (Å²) in [5, 5.41) is 3.00. The first-order valence-electron chi connectivity index (χ1n) is 9.59. The number of aromatic nitrogens is 2. The molecule has 8 heteroatoms. The van der Waals surface area contributed by atoms with E-state index in [1.807, 2.05) is 49.4 Å². The fourth-order valence-corrected chi connectivity index (χ4v) is 7.27. The predicted molar refractivity (Wildman–Crippen MR) is 116 cm³/mol. The Hall–Kier alpha value is -2.32. The predicted octanol–water partition coefficient (Wildman–Crippen LogP) is 3.05. The van der Waals surface area contributed by atoms with E-state index in [4.69, 9.17) is 0 Å². The van der Waals surface area contributed by atoms with Crippen molar-refractivity contribution in [3.63, 3.8) is 0 Å². The normalized spacial score (nSPS) is 18.2. The summed E-state index contributed by atoms with van der Waals surface area (Å²) in [6.45, 7) is 3.08. The van der Waals surface area contributed by atoms with Gasteiger partial charge in [0.2, 0.25) is 0 Å². The maximum Gasteiger partial charge on any atom is 0.252 e. The van der Waals surface area contributed by atoms with Crippen molar-refractivity contribution in [3.05, 3.63) is 59.9 Å². The Kier molecular flexibility index (Phi) is 5.65. The maximum atomic E-state index is 12.8. The summed E-state index contributed by atoms with van der Waals surface area (Å²) in [5.74, 6) is 1.19. The van der Waals surface area contributed by atoms with Crippen LogP contribution in [0.5, 0.6) is 0 Å². The van der Waals surface area contributed by atoms with Gasteiger partial charge in [0.05, 0.1) is 28.1 Å². The second kappa shape index (κ2) is 8.20. The average Bonchev–Trinajstić information content (AvgIpc) is 3.20. The molecule has 1 N–H and O–H groups in total. The minimum atomic E-state index is -2.94. The van der Waals surface area contributed by atoms with Gasteiger partial charge in [-0.3, -0.25) is 4.79 Å². The van der Waals surface area contributed by atoms with Crippen molar-refractivity contribution in [2.45, 2.75) is 30.0 Å². The first kappa shape index (κ1) is 20.0. The van der Waals surface area contributed by atoms with Crippen LogP contribution in [0, 0.1) is 6.92 Å². The lowest BCUT2D eigenvalue weighted by atomic mass is 10.2. The van der Waals surface area contributed by atoms with Crippen LogP contribution < -0.4 is 5.32 Å². The van der Waals surface area contributed by atoms with Gasteiger partial charge in [-0.15, -0.1) is 11.8 Å². The minimum absolute atomic E-state index is 0.00825. The van der Waals surface area contributed by atoms with E-state index in [0.717, 1.165) is 21.8 Å². The molecule has 1 amide bonds. The van der Waals surface area contributed by atoms with Gasteiger partial charge >= 0.3 is 0 Å². The number of fused-ring (bicyclic) bond motifs is 1. The van der Waals surface area contributed by atoms with Crippen LogP contribution in [0.3, 0.4) is 0 Å². The molecule has 1 saturated heterocycles. The molecule has 1 aromatic heterocycles. The van der Waals surface area contributed by atoms with Gasteiger partial charge in [0.25, 0.3) is 5.91 Å². The van der Waals surface area contributed by atoms with Gasteiger partial charge in [0.15, 0.2) is 9.84 Å². The van der Waals surface area contributed by atoms with E-state index < -0.39 is 9.84 Å². The van der Waals surface area contributed by atoms with Crippen LogP contribution in [0.25, 0.3) is 11.0 Å². The molecule has 152 valence electrons. The maximum absolute atomic E-state index is 12.8. The van der Waals surface area contributed by atoms with E-state index in [1.54, 1.807) is 6.07 Å². The van der Waals surface area contributed by atoms with Gasteiger partial charge in [0.1, 0.15) is 5.82 Å². The fraction of sp³-hybridized carbons (Fsp3) is 0.333. The third-order valence-corrected chi connectivity index (χ3v) is 8.41. The van der Waals surface area contributed by atoms with E-state index in [-0.39, 0.29) is 22.7 Å². The Morgan fingerprint density at radius 3 is 2.76 bits per heavy atom. The molecule has 4 rings (SSSR count). The third-order valence-electron chi connectivity index (χ3n) is 5.08. The molecule has 1 atom stereocenters. The molecule has 1 aliphatic heterocycles. The first-order chi connectivity index (χ1) is 13.9. The van der Waals surface area contributed by atoms with Crippen molar-refractivity contribution in [1.29, 1.82) is 0 Å². The van der Waals surface area contributed by atoms with Gasteiger partial charge in [-0.2, -0.15) is 0 Å². The SMILES string of the molecule is Cc1nc2ccccc2n1CCNC(=O)c1ccccc1S[C@@H]1CCS(=O)(=O)C1.